The largest absolute Gasteiger partial charge is 0.506 e. The minimum Gasteiger partial charge on any atom is -0.450 e. The van der Waals surface area contributed by atoms with E-state index in [1.54, 1.807) is 0 Å². The third-order valence-corrected chi connectivity index (χ3v) is 2.45. The van der Waals surface area contributed by atoms with Crippen LogP contribution >= 0.6 is 0 Å². The highest BCUT2D eigenvalue weighted by Crippen LogP contribution is 2.27. The Kier molecular flexibility index (Phi) is 4.58. The summed E-state index contributed by atoms with van der Waals surface area (Å²) >= 11 is 0. The average molecular weight is 264 g/mol. The van der Waals surface area contributed by atoms with Crippen LogP contribution in [0.1, 0.15) is 19.3 Å². The standard InChI is InChI=1S/C9H12O9/c10-7(11)16-4-2-1-3-5(17-8(12)13)6(4)18-9(14)15/h4-6H,1-3H2,(H,10,11)(H,12,13)(H,14,15). The van der Waals surface area contributed by atoms with Crippen molar-refractivity contribution in [1.82, 2.24) is 0 Å². The first-order valence-corrected chi connectivity index (χ1v) is 5.09. The summed E-state index contributed by atoms with van der Waals surface area (Å²) in [6.07, 6.45) is -7.34. The van der Waals surface area contributed by atoms with Gasteiger partial charge in [-0.15, -0.1) is 0 Å². The summed E-state index contributed by atoms with van der Waals surface area (Å²) in [7, 11) is 0. The van der Waals surface area contributed by atoms with Gasteiger partial charge < -0.3 is 29.5 Å². The molecule has 0 radical (unpaired) electrons. The van der Waals surface area contributed by atoms with E-state index in [1.807, 2.05) is 0 Å². The van der Waals surface area contributed by atoms with Gasteiger partial charge in [-0.25, -0.2) is 14.4 Å². The van der Waals surface area contributed by atoms with E-state index >= 15 is 0 Å². The summed E-state index contributed by atoms with van der Waals surface area (Å²) in [6, 6.07) is 0. The SMILES string of the molecule is O=C(O)OC1CCCC(OC(=O)O)C1OC(=O)O. The van der Waals surface area contributed by atoms with E-state index in [0.717, 1.165) is 0 Å². The van der Waals surface area contributed by atoms with Crippen LogP contribution in [0.2, 0.25) is 0 Å². The lowest BCUT2D eigenvalue weighted by Gasteiger charge is -2.34. The van der Waals surface area contributed by atoms with Crippen molar-refractivity contribution in [2.24, 2.45) is 0 Å². The van der Waals surface area contributed by atoms with Crippen LogP contribution in [-0.4, -0.2) is 52.1 Å². The van der Waals surface area contributed by atoms with Gasteiger partial charge in [-0.05, 0) is 19.3 Å². The summed E-state index contributed by atoms with van der Waals surface area (Å²) in [6.45, 7) is 0. The highest BCUT2D eigenvalue weighted by molar-refractivity contribution is 5.59. The number of ether oxygens (including phenoxy) is 3. The molecule has 0 aromatic rings. The first-order valence-electron chi connectivity index (χ1n) is 5.09. The number of carbonyl (C=O) groups is 3. The first-order chi connectivity index (χ1) is 8.40. The Balaban J connectivity index is 2.78. The van der Waals surface area contributed by atoms with E-state index in [0.29, 0.717) is 6.42 Å². The first kappa shape index (κ1) is 13.9. The van der Waals surface area contributed by atoms with Crippen LogP contribution < -0.4 is 0 Å². The molecule has 9 heteroatoms. The molecule has 0 saturated heterocycles. The van der Waals surface area contributed by atoms with Crippen molar-refractivity contribution in [2.45, 2.75) is 37.6 Å². The maximum Gasteiger partial charge on any atom is 0.506 e. The summed E-state index contributed by atoms with van der Waals surface area (Å²) in [5.74, 6) is 0. The molecule has 1 fully saturated rings. The van der Waals surface area contributed by atoms with Gasteiger partial charge in [-0.1, -0.05) is 0 Å². The van der Waals surface area contributed by atoms with Crippen molar-refractivity contribution in [1.29, 1.82) is 0 Å². The van der Waals surface area contributed by atoms with Gasteiger partial charge in [0, 0.05) is 0 Å². The van der Waals surface area contributed by atoms with Crippen molar-refractivity contribution in [3.05, 3.63) is 0 Å². The molecule has 1 rings (SSSR count). The smallest absolute Gasteiger partial charge is 0.450 e. The molecule has 1 aliphatic rings. The Morgan fingerprint density at radius 1 is 0.778 bits per heavy atom. The van der Waals surface area contributed by atoms with Crippen molar-refractivity contribution in [2.75, 3.05) is 0 Å². The monoisotopic (exact) mass is 264 g/mol. The summed E-state index contributed by atoms with van der Waals surface area (Å²) in [5.41, 5.74) is 0. The van der Waals surface area contributed by atoms with Gasteiger partial charge in [0.1, 0.15) is 12.2 Å². The van der Waals surface area contributed by atoms with Crippen LogP contribution in [0, 0.1) is 0 Å². The van der Waals surface area contributed by atoms with E-state index in [4.69, 9.17) is 15.3 Å². The Bertz CT molecular complexity index is 315. The molecule has 0 aromatic carbocycles. The topological polar surface area (TPSA) is 140 Å². The molecule has 3 N–H and O–H groups in total. The van der Waals surface area contributed by atoms with E-state index in [1.165, 1.54) is 0 Å². The van der Waals surface area contributed by atoms with Gasteiger partial charge in [-0.2, -0.15) is 0 Å². The second-order valence-electron chi connectivity index (χ2n) is 3.62. The Labute approximate surface area is 101 Å². The molecule has 0 spiro atoms. The second kappa shape index (κ2) is 5.94. The highest BCUT2D eigenvalue weighted by Gasteiger charge is 2.41. The number of rotatable bonds is 3. The quantitative estimate of drug-likeness (QED) is 0.508. The molecular weight excluding hydrogens is 252 g/mol. The van der Waals surface area contributed by atoms with Gasteiger partial charge in [0.15, 0.2) is 6.10 Å². The number of hydrogen-bond donors (Lipinski definition) is 3. The van der Waals surface area contributed by atoms with Crippen LogP contribution in [-0.2, 0) is 14.2 Å². The van der Waals surface area contributed by atoms with Crippen molar-refractivity contribution >= 4 is 18.5 Å². The third kappa shape index (κ3) is 4.00. The molecule has 0 heterocycles. The van der Waals surface area contributed by atoms with Crippen LogP contribution in [0.15, 0.2) is 0 Å². The molecule has 1 saturated carbocycles. The fraction of sp³-hybridized carbons (Fsp3) is 0.667. The summed E-state index contributed by atoms with van der Waals surface area (Å²) < 4.78 is 13.4. The van der Waals surface area contributed by atoms with E-state index < -0.39 is 36.8 Å². The maximum absolute atomic E-state index is 10.5. The van der Waals surface area contributed by atoms with Crippen LogP contribution in [0.5, 0.6) is 0 Å². The van der Waals surface area contributed by atoms with E-state index in [9.17, 15) is 14.4 Å². The molecule has 18 heavy (non-hydrogen) atoms. The van der Waals surface area contributed by atoms with Gasteiger partial charge in [0.2, 0.25) is 0 Å². The van der Waals surface area contributed by atoms with Gasteiger partial charge in [0.05, 0.1) is 0 Å². The zero-order valence-electron chi connectivity index (χ0n) is 9.14. The highest BCUT2D eigenvalue weighted by atomic mass is 16.7. The predicted octanol–water partition coefficient (Wildman–Crippen LogP) is 1.36. The third-order valence-electron chi connectivity index (χ3n) is 2.45. The van der Waals surface area contributed by atoms with Crippen LogP contribution in [0.3, 0.4) is 0 Å². The van der Waals surface area contributed by atoms with Crippen molar-refractivity contribution in [3.63, 3.8) is 0 Å². The Morgan fingerprint density at radius 3 is 1.50 bits per heavy atom. The Hall–Kier alpha value is -2.19. The van der Waals surface area contributed by atoms with Gasteiger partial charge in [0.25, 0.3) is 0 Å². The van der Waals surface area contributed by atoms with Gasteiger partial charge in [-0.3, -0.25) is 0 Å². The zero-order valence-corrected chi connectivity index (χ0v) is 9.14. The van der Waals surface area contributed by atoms with E-state index in [-0.39, 0.29) is 12.8 Å². The molecule has 2 atom stereocenters. The zero-order chi connectivity index (χ0) is 13.7. The fourth-order valence-electron chi connectivity index (χ4n) is 1.87. The molecule has 0 bridgehead atoms. The molecule has 2 unspecified atom stereocenters. The maximum atomic E-state index is 10.5. The summed E-state index contributed by atoms with van der Waals surface area (Å²) in [5, 5.41) is 25.5. The average Bonchev–Trinajstić information content (AvgIpc) is 2.20. The van der Waals surface area contributed by atoms with Crippen LogP contribution in [0.25, 0.3) is 0 Å². The lowest BCUT2D eigenvalue weighted by Crippen LogP contribution is -2.48. The predicted molar refractivity (Wildman–Crippen MR) is 52.5 cm³/mol. The molecule has 0 aliphatic heterocycles. The normalized spacial score (nSPS) is 27.0. The number of carboxylic acid groups (broad SMARTS) is 3. The lowest BCUT2D eigenvalue weighted by molar-refractivity contribution is -0.116. The molecule has 102 valence electrons. The minimum absolute atomic E-state index is 0.240. The van der Waals surface area contributed by atoms with Crippen molar-refractivity contribution in [3.8, 4) is 0 Å². The molecular formula is C9H12O9. The lowest BCUT2D eigenvalue weighted by atomic mass is 9.91. The van der Waals surface area contributed by atoms with Crippen molar-refractivity contribution < 1.29 is 43.9 Å². The molecule has 9 nitrogen and oxygen atoms in total. The second-order valence-corrected chi connectivity index (χ2v) is 3.62. The van der Waals surface area contributed by atoms with Crippen LogP contribution in [0.4, 0.5) is 14.4 Å². The Morgan fingerprint density at radius 2 is 1.17 bits per heavy atom. The summed E-state index contributed by atoms with van der Waals surface area (Å²) in [4.78, 5) is 31.4. The molecule has 0 amide bonds. The number of hydrogen-bond acceptors (Lipinski definition) is 6. The fourth-order valence-corrected chi connectivity index (χ4v) is 1.87. The van der Waals surface area contributed by atoms with E-state index in [2.05, 4.69) is 14.2 Å². The minimum atomic E-state index is -1.65. The molecule has 0 aromatic heterocycles. The van der Waals surface area contributed by atoms with Gasteiger partial charge >= 0.3 is 18.5 Å². The molecule has 1 aliphatic carbocycles.